The molecule has 1 aliphatic rings. The second-order valence-electron chi connectivity index (χ2n) is 4.38. The maximum Gasteiger partial charge on any atom is 0.159 e. The molecule has 19 heavy (non-hydrogen) atoms. The number of hydrogen-bond acceptors (Lipinski definition) is 3. The van der Waals surface area contributed by atoms with Crippen molar-refractivity contribution in [2.45, 2.75) is 19.8 Å². The molecule has 1 aliphatic heterocycles. The van der Waals surface area contributed by atoms with Crippen molar-refractivity contribution in [3.05, 3.63) is 58.0 Å². The van der Waals surface area contributed by atoms with Crippen molar-refractivity contribution in [3.63, 3.8) is 0 Å². The van der Waals surface area contributed by atoms with Gasteiger partial charge in [-0.15, -0.1) is 0 Å². The van der Waals surface area contributed by atoms with Gasteiger partial charge >= 0.3 is 0 Å². The lowest BCUT2D eigenvalue weighted by atomic mass is 9.82. The van der Waals surface area contributed by atoms with Gasteiger partial charge in [0.1, 0.15) is 0 Å². The molecule has 0 aliphatic carbocycles. The van der Waals surface area contributed by atoms with E-state index < -0.39 is 0 Å². The molecule has 98 valence electrons. The average Bonchev–Trinajstić information content (AvgIpc) is 2.38. The number of ketones is 2. The predicted octanol–water partition coefficient (Wildman–Crippen LogP) is 3.51. The molecular formula is C15H13BrO3. The summed E-state index contributed by atoms with van der Waals surface area (Å²) in [6.07, 6.45) is 2.84. The van der Waals surface area contributed by atoms with Crippen LogP contribution < -0.4 is 0 Å². The molecule has 1 heterocycles. The highest BCUT2D eigenvalue weighted by atomic mass is 79.9. The Morgan fingerprint density at radius 1 is 1.00 bits per heavy atom. The molecule has 1 aromatic carbocycles. The summed E-state index contributed by atoms with van der Waals surface area (Å²) in [4.78, 5) is 23.4. The standard InChI is InChI=1S/C15H13BrO3/c1-9(17)13-7-19-8-14(10(2)18)15(13)11-3-5-12(16)6-4-11/h3-8,15H,1-2H3. The van der Waals surface area contributed by atoms with E-state index in [0.717, 1.165) is 10.0 Å². The van der Waals surface area contributed by atoms with Crippen molar-refractivity contribution in [2.75, 3.05) is 0 Å². The van der Waals surface area contributed by atoms with Crippen molar-refractivity contribution in [3.8, 4) is 0 Å². The van der Waals surface area contributed by atoms with Gasteiger partial charge in [-0.25, -0.2) is 0 Å². The van der Waals surface area contributed by atoms with Crippen LogP contribution in [-0.2, 0) is 14.3 Å². The summed E-state index contributed by atoms with van der Waals surface area (Å²) in [5.74, 6) is -0.545. The van der Waals surface area contributed by atoms with Gasteiger partial charge in [0.05, 0.1) is 12.5 Å². The van der Waals surface area contributed by atoms with Gasteiger partial charge in [0.15, 0.2) is 11.6 Å². The van der Waals surface area contributed by atoms with E-state index in [2.05, 4.69) is 15.9 Å². The summed E-state index contributed by atoms with van der Waals surface area (Å²) < 4.78 is 6.07. The van der Waals surface area contributed by atoms with Crippen molar-refractivity contribution in [1.29, 1.82) is 0 Å². The van der Waals surface area contributed by atoms with Crippen molar-refractivity contribution in [2.24, 2.45) is 0 Å². The van der Waals surface area contributed by atoms with Crippen LogP contribution in [-0.4, -0.2) is 11.6 Å². The molecule has 2 rings (SSSR count). The first kappa shape index (κ1) is 13.7. The fraction of sp³-hybridized carbons (Fsp3) is 0.200. The Labute approximate surface area is 120 Å². The molecule has 0 aromatic heterocycles. The minimum Gasteiger partial charge on any atom is -0.472 e. The molecule has 0 saturated heterocycles. The fourth-order valence-corrected chi connectivity index (χ4v) is 2.34. The third kappa shape index (κ3) is 2.84. The number of benzene rings is 1. The molecule has 4 heteroatoms. The summed E-state index contributed by atoms with van der Waals surface area (Å²) in [6, 6.07) is 7.57. The molecule has 0 fully saturated rings. The highest BCUT2D eigenvalue weighted by Gasteiger charge is 2.29. The third-order valence-electron chi connectivity index (χ3n) is 3.03. The molecule has 0 saturated carbocycles. The summed E-state index contributed by atoms with van der Waals surface area (Å²) in [5.41, 5.74) is 1.89. The third-order valence-corrected chi connectivity index (χ3v) is 3.56. The second kappa shape index (κ2) is 5.53. The van der Waals surface area contributed by atoms with E-state index in [1.54, 1.807) is 0 Å². The topological polar surface area (TPSA) is 43.4 Å². The predicted molar refractivity (Wildman–Crippen MR) is 75.5 cm³/mol. The van der Waals surface area contributed by atoms with E-state index in [4.69, 9.17) is 4.74 Å². The SMILES string of the molecule is CC(=O)C1=COC=C(C(C)=O)C1c1ccc(Br)cc1. The normalized spacial score (nSPS) is 15.3. The highest BCUT2D eigenvalue weighted by Crippen LogP contribution is 2.36. The summed E-state index contributed by atoms with van der Waals surface area (Å²) in [6.45, 7) is 2.95. The smallest absolute Gasteiger partial charge is 0.159 e. The first-order valence-corrected chi connectivity index (χ1v) is 6.63. The van der Waals surface area contributed by atoms with Crippen LogP contribution in [0, 0.1) is 0 Å². The van der Waals surface area contributed by atoms with E-state index in [1.165, 1.54) is 26.4 Å². The lowest BCUT2D eigenvalue weighted by molar-refractivity contribution is -0.114. The van der Waals surface area contributed by atoms with Gasteiger partial charge in [-0.05, 0) is 31.5 Å². The number of Topliss-reactive ketones (excluding diaryl/α,β-unsaturated/α-hetero) is 2. The molecule has 0 unspecified atom stereocenters. The van der Waals surface area contributed by atoms with Gasteiger partial charge in [-0.3, -0.25) is 9.59 Å². The number of halogens is 1. The van der Waals surface area contributed by atoms with E-state index in [-0.39, 0.29) is 17.5 Å². The van der Waals surface area contributed by atoms with E-state index >= 15 is 0 Å². The van der Waals surface area contributed by atoms with Crippen LogP contribution in [0.3, 0.4) is 0 Å². The maximum atomic E-state index is 11.7. The zero-order valence-corrected chi connectivity index (χ0v) is 12.2. The van der Waals surface area contributed by atoms with Crippen molar-refractivity contribution >= 4 is 27.5 Å². The molecule has 0 N–H and O–H groups in total. The first-order chi connectivity index (χ1) is 9.00. The Morgan fingerprint density at radius 2 is 1.47 bits per heavy atom. The lowest BCUT2D eigenvalue weighted by Gasteiger charge is -2.23. The van der Waals surface area contributed by atoms with Gasteiger partial charge in [0, 0.05) is 21.5 Å². The first-order valence-electron chi connectivity index (χ1n) is 5.83. The van der Waals surface area contributed by atoms with Gasteiger partial charge in [-0.1, -0.05) is 28.1 Å². The minimum atomic E-state index is -0.350. The van der Waals surface area contributed by atoms with Crippen LogP contribution in [0.2, 0.25) is 0 Å². The largest absolute Gasteiger partial charge is 0.472 e. The number of allylic oxidation sites excluding steroid dienone is 2. The molecule has 0 radical (unpaired) electrons. The lowest BCUT2D eigenvalue weighted by Crippen LogP contribution is -2.19. The van der Waals surface area contributed by atoms with E-state index in [1.807, 2.05) is 24.3 Å². The number of ether oxygens (including phenoxy) is 1. The van der Waals surface area contributed by atoms with Crippen LogP contribution in [0.15, 0.2) is 52.4 Å². The zero-order chi connectivity index (χ0) is 14.0. The monoisotopic (exact) mass is 320 g/mol. The Balaban J connectivity index is 2.50. The van der Waals surface area contributed by atoms with Gasteiger partial charge in [0.25, 0.3) is 0 Å². The van der Waals surface area contributed by atoms with Crippen LogP contribution in [0.4, 0.5) is 0 Å². The van der Waals surface area contributed by atoms with Crippen LogP contribution in [0.1, 0.15) is 25.3 Å². The van der Waals surface area contributed by atoms with E-state index in [9.17, 15) is 9.59 Å². The average molecular weight is 321 g/mol. The number of rotatable bonds is 3. The summed E-state index contributed by atoms with van der Waals surface area (Å²) >= 11 is 3.37. The second-order valence-corrected chi connectivity index (χ2v) is 5.30. The molecule has 3 nitrogen and oxygen atoms in total. The molecule has 0 spiro atoms. The van der Waals surface area contributed by atoms with Crippen molar-refractivity contribution in [1.82, 2.24) is 0 Å². The van der Waals surface area contributed by atoms with Crippen LogP contribution in [0.25, 0.3) is 0 Å². The molecule has 0 bridgehead atoms. The number of carbonyl (C=O) groups is 2. The van der Waals surface area contributed by atoms with Crippen LogP contribution in [0.5, 0.6) is 0 Å². The molecule has 0 atom stereocenters. The summed E-state index contributed by atoms with van der Waals surface area (Å²) in [5, 5.41) is 0. The minimum absolute atomic E-state index is 0.0974. The van der Waals surface area contributed by atoms with Gasteiger partial charge in [-0.2, -0.15) is 0 Å². The summed E-state index contributed by atoms with van der Waals surface area (Å²) in [7, 11) is 0. The Morgan fingerprint density at radius 3 is 1.89 bits per heavy atom. The van der Waals surface area contributed by atoms with Crippen LogP contribution >= 0.6 is 15.9 Å². The van der Waals surface area contributed by atoms with Crippen molar-refractivity contribution < 1.29 is 14.3 Å². The Bertz CT molecular complexity index is 552. The number of hydrogen-bond donors (Lipinski definition) is 0. The highest BCUT2D eigenvalue weighted by molar-refractivity contribution is 9.10. The fourth-order valence-electron chi connectivity index (χ4n) is 2.07. The Hall–Kier alpha value is -1.68. The molecule has 0 amide bonds. The quantitative estimate of drug-likeness (QED) is 0.856. The molecule has 1 aromatic rings. The molecular weight excluding hydrogens is 308 g/mol. The maximum absolute atomic E-state index is 11.7. The number of carbonyl (C=O) groups excluding carboxylic acids is 2. The van der Waals surface area contributed by atoms with Gasteiger partial charge < -0.3 is 4.74 Å². The van der Waals surface area contributed by atoms with Gasteiger partial charge in [0.2, 0.25) is 0 Å². The van der Waals surface area contributed by atoms with E-state index in [0.29, 0.717) is 11.1 Å². The Kier molecular flexibility index (Phi) is 4.00. The zero-order valence-electron chi connectivity index (χ0n) is 10.6.